The van der Waals surface area contributed by atoms with E-state index in [-0.39, 0.29) is 22.8 Å². The van der Waals surface area contributed by atoms with Gasteiger partial charge in [-0.25, -0.2) is 4.79 Å². The summed E-state index contributed by atoms with van der Waals surface area (Å²) in [6, 6.07) is 7.39. The molecule has 32 heavy (non-hydrogen) atoms. The van der Waals surface area contributed by atoms with Gasteiger partial charge in [0, 0.05) is 44.5 Å². The predicted octanol–water partition coefficient (Wildman–Crippen LogP) is 3.42. The summed E-state index contributed by atoms with van der Waals surface area (Å²) >= 11 is 0. The van der Waals surface area contributed by atoms with Crippen LogP contribution in [0.25, 0.3) is 0 Å². The Morgan fingerprint density at radius 2 is 1.94 bits per heavy atom. The number of anilines is 1. The first-order valence-electron chi connectivity index (χ1n) is 11.9. The van der Waals surface area contributed by atoms with Crippen LogP contribution in [0.2, 0.25) is 0 Å². The number of carbonyl (C=O) groups excluding carboxylic acids is 2. The first-order valence-corrected chi connectivity index (χ1v) is 11.9. The Morgan fingerprint density at radius 3 is 2.62 bits per heavy atom. The number of nitrogens with one attached hydrogen (secondary N) is 2. The molecule has 1 aromatic rings. The maximum Gasteiger partial charge on any atom is 0.321 e. The standard InChI is InChI=1S/C25H38N4O3/c1-18(2)15-26-22(30)25-9-8-24(21(25)16-28(3)17-25)10-12-29(13-11-24)23(31)27-19-6-5-7-20(14-19)32-4/h5-7,14,18,21H,8-13,15-17H2,1-4H3,(H,26,30)(H,27,31)/t21-,25+/m0/s1. The average Bonchev–Trinajstić information content (AvgIpc) is 3.27. The number of benzene rings is 1. The minimum Gasteiger partial charge on any atom is -0.497 e. The van der Waals surface area contributed by atoms with Crippen molar-refractivity contribution in [2.45, 2.75) is 39.5 Å². The Morgan fingerprint density at radius 1 is 1.19 bits per heavy atom. The maximum atomic E-state index is 13.3. The molecule has 2 heterocycles. The molecule has 3 amide bonds. The van der Waals surface area contributed by atoms with Crippen molar-refractivity contribution in [1.29, 1.82) is 0 Å². The van der Waals surface area contributed by atoms with Gasteiger partial charge in [0.1, 0.15) is 5.75 Å². The Kier molecular flexibility index (Phi) is 6.39. The van der Waals surface area contributed by atoms with Crippen molar-refractivity contribution < 1.29 is 14.3 Å². The van der Waals surface area contributed by atoms with Crippen LogP contribution in [-0.2, 0) is 4.79 Å². The lowest BCUT2D eigenvalue weighted by molar-refractivity contribution is -0.132. The quantitative estimate of drug-likeness (QED) is 0.733. The fourth-order valence-electron chi connectivity index (χ4n) is 6.30. The molecule has 2 saturated heterocycles. The smallest absolute Gasteiger partial charge is 0.321 e. The highest BCUT2D eigenvalue weighted by atomic mass is 16.5. The number of rotatable bonds is 5. The number of urea groups is 1. The number of ether oxygens (including phenoxy) is 1. The number of likely N-dealkylation sites (tertiary alicyclic amines) is 2. The maximum absolute atomic E-state index is 13.3. The molecular weight excluding hydrogens is 404 g/mol. The van der Waals surface area contributed by atoms with Crippen LogP contribution in [0.4, 0.5) is 10.5 Å². The van der Waals surface area contributed by atoms with Crippen LogP contribution in [0.5, 0.6) is 5.75 Å². The molecule has 0 bridgehead atoms. The van der Waals surface area contributed by atoms with E-state index in [2.05, 4.69) is 36.4 Å². The number of fused-ring (bicyclic) bond motifs is 2. The number of amides is 3. The number of methoxy groups -OCH3 is 1. The summed E-state index contributed by atoms with van der Waals surface area (Å²) < 4.78 is 5.25. The van der Waals surface area contributed by atoms with Gasteiger partial charge in [0.05, 0.1) is 12.5 Å². The van der Waals surface area contributed by atoms with Gasteiger partial charge in [-0.1, -0.05) is 19.9 Å². The SMILES string of the molecule is COc1cccc(NC(=O)N2CCC3(CC2)CC[C@@]2(C(=O)NCC(C)C)CN(C)C[C@@H]32)c1. The highest BCUT2D eigenvalue weighted by molar-refractivity contribution is 5.89. The molecular formula is C25H38N4O3. The van der Waals surface area contributed by atoms with E-state index in [1.807, 2.05) is 29.2 Å². The number of nitrogens with zero attached hydrogens (tertiary/aromatic N) is 2. The van der Waals surface area contributed by atoms with Crippen molar-refractivity contribution in [2.24, 2.45) is 22.7 Å². The van der Waals surface area contributed by atoms with Gasteiger partial charge in [0.25, 0.3) is 0 Å². The molecule has 1 spiro atoms. The van der Waals surface area contributed by atoms with E-state index in [0.29, 0.717) is 11.8 Å². The number of piperidine rings is 1. The van der Waals surface area contributed by atoms with Crippen LogP contribution < -0.4 is 15.4 Å². The van der Waals surface area contributed by atoms with Gasteiger partial charge in [0.15, 0.2) is 0 Å². The lowest BCUT2D eigenvalue weighted by Crippen LogP contribution is -2.50. The van der Waals surface area contributed by atoms with Gasteiger partial charge in [-0.05, 0) is 62.1 Å². The lowest BCUT2D eigenvalue weighted by Gasteiger charge is -2.44. The molecule has 3 aliphatic rings. The second-order valence-corrected chi connectivity index (χ2v) is 10.5. The average molecular weight is 443 g/mol. The highest BCUT2D eigenvalue weighted by Crippen LogP contribution is 2.61. The molecule has 0 unspecified atom stereocenters. The van der Waals surface area contributed by atoms with Crippen molar-refractivity contribution in [3.63, 3.8) is 0 Å². The van der Waals surface area contributed by atoms with Crippen LogP contribution in [0.15, 0.2) is 24.3 Å². The second kappa shape index (κ2) is 8.93. The van der Waals surface area contributed by atoms with Gasteiger partial charge < -0.3 is 25.2 Å². The Labute approximate surface area is 191 Å². The molecule has 7 heteroatoms. The van der Waals surface area contributed by atoms with E-state index in [9.17, 15) is 9.59 Å². The molecule has 2 N–H and O–H groups in total. The zero-order chi connectivity index (χ0) is 22.9. The van der Waals surface area contributed by atoms with E-state index in [1.54, 1.807) is 7.11 Å². The third-order valence-corrected chi connectivity index (χ3v) is 8.01. The third-order valence-electron chi connectivity index (χ3n) is 8.01. The minimum absolute atomic E-state index is 0.0596. The summed E-state index contributed by atoms with van der Waals surface area (Å²) in [5.41, 5.74) is 0.634. The van der Waals surface area contributed by atoms with Crippen molar-refractivity contribution in [2.75, 3.05) is 52.2 Å². The van der Waals surface area contributed by atoms with Crippen LogP contribution >= 0.6 is 0 Å². The van der Waals surface area contributed by atoms with Crippen molar-refractivity contribution in [3.8, 4) is 5.75 Å². The Hall–Kier alpha value is -2.28. The van der Waals surface area contributed by atoms with Crippen LogP contribution in [0, 0.1) is 22.7 Å². The minimum atomic E-state index is -0.269. The molecule has 2 atom stereocenters. The van der Waals surface area contributed by atoms with Crippen LogP contribution in [-0.4, -0.2) is 68.6 Å². The van der Waals surface area contributed by atoms with E-state index in [4.69, 9.17) is 4.74 Å². The summed E-state index contributed by atoms with van der Waals surface area (Å²) in [7, 11) is 3.76. The number of carbonyl (C=O) groups is 2. The largest absolute Gasteiger partial charge is 0.497 e. The van der Waals surface area contributed by atoms with Crippen molar-refractivity contribution >= 4 is 17.6 Å². The molecule has 7 nitrogen and oxygen atoms in total. The summed E-state index contributed by atoms with van der Waals surface area (Å²) in [5.74, 6) is 1.80. The molecule has 176 valence electrons. The Balaban J connectivity index is 1.41. The Bertz CT molecular complexity index is 849. The lowest BCUT2D eigenvalue weighted by atomic mass is 9.65. The van der Waals surface area contributed by atoms with Gasteiger partial charge in [-0.15, -0.1) is 0 Å². The summed E-state index contributed by atoms with van der Waals surface area (Å²) in [6.45, 7) is 8.31. The van der Waals surface area contributed by atoms with Crippen molar-refractivity contribution in [3.05, 3.63) is 24.3 Å². The summed E-state index contributed by atoms with van der Waals surface area (Å²) in [6.07, 6.45) is 3.99. The molecule has 0 radical (unpaired) electrons. The van der Waals surface area contributed by atoms with E-state index >= 15 is 0 Å². The monoisotopic (exact) mass is 442 g/mol. The fraction of sp³-hybridized carbons (Fsp3) is 0.680. The second-order valence-electron chi connectivity index (χ2n) is 10.5. The van der Waals surface area contributed by atoms with Crippen molar-refractivity contribution in [1.82, 2.24) is 15.1 Å². The molecule has 0 aromatic heterocycles. The van der Waals surface area contributed by atoms with E-state index in [0.717, 1.165) is 69.8 Å². The summed E-state index contributed by atoms with van der Waals surface area (Å²) in [5, 5.41) is 6.25. The predicted molar refractivity (Wildman–Crippen MR) is 126 cm³/mol. The molecule has 1 aromatic carbocycles. The topological polar surface area (TPSA) is 73.9 Å². The molecule has 2 aliphatic heterocycles. The molecule has 3 fully saturated rings. The molecule has 1 saturated carbocycles. The normalized spacial score (nSPS) is 26.9. The first-order chi connectivity index (χ1) is 15.3. The van der Waals surface area contributed by atoms with Crippen LogP contribution in [0.3, 0.4) is 0 Å². The van der Waals surface area contributed by atoms with Gasteiger partial charge in [-0.3, -0.25) is 4.79 Å². The van der Waals surface area contributed by atoms with E-state index in [1.165, 1.54) is 0 Å². The molecule has 4 rings (SSSR count). The molecule has 1 aliphatic carbocycles. The summed E-state index contributed by atoms with van der Waals surface area (Å²) in [4.78, 5) is 30.5. The number of hydrogen-bond donors (Lipinski definition) is 2. The fourth-order valence-corrected chi connectivity index (χ4v) is 6.30. The van der Waals surface area contributed by atoms with Crippen LogP contribution in [0.1, 0.15) is 39.5 Å². The number of hydrogen-bond acceptors (Lipinski definition) is 4. The zero-order valence-corrected chi connectivity index (χ0v) is 19.9. The highest BCUT2D eigenvalue weighted by Gasteiger charge is 2.63. The van der Waals surface area contributed by atoms with E-state index < -0.39 is 0 Å². The van der Waals surface area contributed by atoms with Gasteiger partial charge >= 0.3 is 6.03 Å². The van der Waals surface area contributed by atoms with Gasteiger partial charge in [-0.2, -0.15) is 0 Å². The first kappa shape index (κ1) is 22.9. The third kappa shape index (κ3) is 4.19. The zero-order valence-electron chi connectivity index (χ0n) is 19.9. The van der Waals surface area contributed by atoms with Gasteiger partial charge in [0.2, 0.25) is 5.91 Å².